The lowest BCUT2D eigenvalue weighted by molar-refractivity contribution is -0.137. The molecule has 32 heavy (non-hydrogen) atoms. The molecule has 3 aliphatic heterocycles. The summed E-state index contributed by atoms with van der Waals surface area (Å²) >= 11 is 1.14. The Bertz CT molecular complexity index is 1390. The van der Waals surface area contributed by atoms with Crippen LogP contribution in [-0.4, -0.2) is 28.4 Å². The van der Waals surface area contributed by atoms with Gasteiger partial charge in [0, 0.05) is 5.56 Å². The molecular formula is C27H19NO3S. The van der Waals surface area contributed by atoms with Crippen LogP contribution >= 0.6 is 11.8 Å². The molecular weight excluding hydrogens is 418 g/mol. The van der Waals surface area contributed by atoms with Gasteiger partial charge < -0.3 is 4.74 Å². The van der Waals surface area contributed by atoms with Crippen molar-refractivity contribution < 1.29 is 14.3 Å². The summed E-state index contributed by atoms with van der Waals surface area (Å²) in [6.07, 6.45) is 0. The van der Waals surface area contributed by atoms with Crippen molar-refractivity contribution in [1.82, 2.24) is 4.90 Å². The topological polar surface area (TPSA) is 46.6 Å². The number of amides is 2. The van der Waals surface area contributed by atoms with Gasteiger partial charge in [0.1, 0.15) is 11.0 Å². The van der Waals surface area contributed by atoms with Crippen molar-refractivity contribution >= 4 is 33.7 Å². The average Bonchev–Trinajstić information content (AvgIpc) is 3.35. The molecule has 3 heterocycles. The van der Waals surface area contributed by atoms with Crippen LogP contribution in [0.1, 0.15) is 11.6 Å². The maximum Gasteiger partial charge on any atom is 0.289 e. The maximum absolute atomic E-state index is 11.9. The molecule has 2 atom stereocenters. The summed E-state index contributed by atoms with van der Waals surface area (Å²) in [5.74, 6) is 0.784. The lowest BCUT2D eigenvalue weighted by Crippen LogP contribution is -2.50. The Morgan fingerprint density at radius 3 is 2.22 bits per heavy atom. The van der Waals surface area contributed by atoms with Gasteiger partial charge >= 0.3 is 0 Å². The van der Waals surface area contributed by atoms with Crippen LogP contribution in [0.4, 0.5) is 4.79 Å². The second-order valence-electron chi connectivity index (χ2n) is 8.06. The number of carbonyl (C=O) groups excluding carboxylic acids is 2. The number of imide groups is 1. The van der Waals surface area contributed by atoms with E-state index in [0.29, 0.717) is 0 Å². The zero-order valence-corrected chi connectivity index (χ0v) is 18.1. The number of fused-ring (bicyclic) bond motifs is 2. The molecule has 3 aliphatic rings. The van der Waals surface area contributed by atoms with Gasteiger partial charge in [-0.25, -0.2) is 0 Å². The standard InChI is InChI=1S/C27H19NO3S/c1-31-23-12-11-20(15-22(23)16-5-3-2-4-6-16)18-7-8-19-14-21(10-9-17(19)13-18)24-25-26(29)28(24)27(30)32-25/h2-15,24-25H,1H3. The molecule has 5 heteroatoms. The summed E-state index contributed by atoms with van der Waals surface area (Å²) in [5.41, 5.74) is 5.43. The minimum atomic E-state index is -0.255. The van der Waals surface area contributed by atoms with E-state index in [1.54, 1.807) is 7.11 Å². The molecule has 7 rings (SSSR count). The highest BCUT2D eigenvalue weighted by Gasteiger charge is 2.59. The Labute approximate surface area is 189 Å². The first-order valence-corrected chi connectivity index (χ1v) is 11.3. The molecule has 4 aromatic carbocycles. The largest absolute Gasteiger partial charge is 0.496 e. The molecule has 3 saturated heterocycles. The van der Waals surface area contributed by atoms with E-state index in [-0.39, 0.29) is 22.4 Å². The van der Waals surface area contributed by atoms with E-state index >= 15 is 0 Å². The summed E-state index contributed by atoms with van der Waals surface area (Å²) in [5, 5.41) is 1.83. The average molecular weight is 438 g/mol. The monoisotopic (exact) mass is 437 g/mol. The normalized spacial score (nSPS) is 19.3. The molecule has 2 bridgehead atoms. The van der Waals surface area contributed by atoms with Crippen LogP contribution in [0, 0.1) is 0 Å². The van der Waals surface area contributed by atoms with Crippen LogP contribution in [-0.2, 0) is 4.79 Å². The van der Waals surface area contributed by atoms with E-state index in [9.17, 15) is 9.59 Å². The molecule has 0 spiro atoms. The summed E-state index contributed by atoms with van der Waals surface area (Å²) in [4.78, 5) is 25.2. The van der Waals surface area contributed by atoms with E-state index in [4.69, 9.17) is 4.74 Å². The number of carbonyl (C=O) groups is 2. The number of methoxy groups -OCH3 is 1. The fraction of sp³-hybridized carbons (Fsp3) is 0.111. The number of hydrogen-bond donors (Lipinski definition) is 0. The minimum Gasteiger partial charge on any atom is -0.496 e. The summed E-state index contributed by atoms with van der Waals surface area (Å²) < 4.78 is 5.60. The quantitative estimate of drug-likeness (QED) is 0.352. The number of β-lactam (4-membered cyclic amide) rings is 1. The fourth-order valence-corrected chi connectivity index (χ4v) is 5.79. The van der Waals surface area contributed by atoms with Gasteiger partial charge in [-0.05, 0) is 69.1 Å². The number of rotatable bonds is 4. The summed E-state index contributed by atoms with van der Waals surface area (Å²) in [7, 11) is 1.69. The van der Waals surface area contributed by atoms with Crippen LogP contribution < -0.4 is 4.74 Å². The van der Waals surface area contributed by atoms with Crippen LogP contribution in [0.15, 0.2) is 84.9 Å². The predicted octanol–water partition coefficient (Wildman–Crippen LogP) is 6.30. The first-order chi connectivity index (χ1) is 15.6. The number of thioether (sulfide) groups is 1. The Balaban J connectivity index is 1.37. The van der Waals surface area contributed by atoms with Crippen molar-refractivity contribution in [2.45, 2.75) is 11.3 Å². The Morgan fingerprint density at radius 1 is 0.781 bits per heavy atom. The number of nitrogens with zero attached hydrogens (tertiary/aromatic N) is 1. The SMILES string of the molecule is COc1ccc(-c2ccc3cc(C4C5SC(=O)N4C5=O)ccc3c2)cc1-c1ccccc1. The van der Waals surface area contributed by atoms with Crippen LogP contribution in [0.3, 0.4) is 0 Å². The van der Waals surface area contributed by atoms with Gasteiger partial charge in [-0.15, -0.1) is 0 Å². The Hall–Kier alpha value is -3.57. The molecule has 0 aliphatic carbocycles. The van der Waals surface area contributed by atoms with Gasteiger partial charge in [0.15, 0.2) is 0 Å². The first-order valence-electron chi connectivity index (χ1n) is 10.5. The Morgan fingerprint density at radius 2 is 1.50 bits per heavy atom. The van der Waals surface area contributed by atoms with Gasteiger partial charge in [0.05, 0.1) is 13.2 Å². The summed E-state index contributed by atoms with van der Waals surface area (Å²) in [6, 6.07) is 29.0. The van der Waals surface area contributed by atoms with Crippen molar-refractivity contribution in [2.24, 2.45) is 0 Å². The molecule has 3 fully saturated rings. The van der Waals surface area contributed by atoms with Gasteiger partial charge in [-0.1, -0.05) is 60.7 Å². The third-order valence-electron chi connectivity index (χ3n) is 6.29. The molecule has 2 unspecified atom stereocenters. The maximum atomic E-state index is 11.9. The molecule has 0 radical (unpaired) electrons. The van der Waals surface area contributed by atoms with Gasteiger partial charge in [0.2, 0.25) is 5.91 Å². The molecule has 0 saturated carbocycles. The lowest BCUT2D eigenvalue weighted by atomic mass is 9.91. The van der Waals surface area contributed by atoms with E-state index < -0.39 is 0 Å². The number of hydrogen-bond acceptors (Lipinski definition) is 4. The highest BCUT2D eigenvalue weighted by atomic mass is 32.2. The van der Waals surface area contributed by atoms with Crippen molar-refractivity contribution in [3.05, 3.63) is 90.5 Å². The van der Waals surface area contributed by atoms with E-state index in [2.05, 4.69) is 54.6 Å². The molecule has 0 N–H and O–H groups in total. The zero-order chi connectivity index (χ0) is 21.8. The summed E-state index contributed by atoms with van der Waals surface area (Å²) in [6.45, 7) is 0. The first kappa shape index (κ1) is 19.1. The smallest absolute Gasteiger partial charge is 0.289 e. The fourth-order valence-electron chi connectivity index (χ4n) is 4.63. The van der Waals surface area contributed by atoms with E-state index in [1.165, 1.54) is 4.90 Å². The lowest BCUT2D eigenvalue weighted by Gasteiger charge is -2.35. The van der Waals surface area contributed by atoms with E-state index in [1.807, 2.05) is 30.3 Å². The van der Waals surface area contributed by atoms with Gasteiger partial charge in [-0.2, -0.15) is 0 Å². The Kier molecular flexibility index (Phi) is 4.33. The van der Waals surface area contributed by atoms with Gasteiger partial charge in [0.25, 0.3) is 5.24 Å². The second-order valence-corrected chi connectivity index (χ2v) is 9.15. The predicted molar refractivity (Wildman–Crippen MR) is 128 cm³/mol. The molecule has 4 aromatic rings. The molecule has 0 aromatic heterocycles. The number of benzene rings is 4. The second kappa shape index (κ2) is 7.24. The molecule has 156 valence electrons. The molecule has 4 nitrogen and oxygen atoms in total. The number of ether oxygens (including phenoxy) is 1. The van der Waals surface area contributed by atoms with Crippen LogP contribution in [0.2, 0.25) is 0 Å². The van der Waals surface area contributed by atoms with Gasteiger partial charge in [-0.3, -0.25) is 14.5 Å². The molecule has 2 amide bonds. The van der Waals surface area contributed by atoms with Crippen molar-refractivity contribution in [1.29, 1.82) is 0 Å². The van der Waals surface area contributed by atoms with Crippen molar-refractivity contribution in [3.8, 4) is 28.0 Å². The van der Waals surface area contributed by atoms with Crippen molar-refractivity contribution in [3.63, 3.8) is 0 Å². The van der Waals surface area contributed by atoms with Crippen LogP contribution in [0.5, 0.6) is 5.75 Å². The van der Waals surface area contributed by atoms with E-state index in [0.717, 1.165) is 56.1 Å². The third kappa shape index (κ3) is 2.85. The highest BCUT2D eigenvalue weighted by molar-refractivity contribution is 8.15. The zero-order valence-electron chi connectivity index (χ0n) is 17.3. The highest BCUT2D eigenvalue weighted by Crippen LogP contribution is 2.51. The third-order valence-corrected chi connectivity index (χ3v) is 7.41. The van der Waals surface area contributed by atoms with Crippen LogP contribution in [0.25, 0.3) is 33.0 Å². The minimum absolute atomic E-state index is 0.0610. The van der Waals surface area contributed by atoms with Crippen molar-refractivity contribution in [2.75, 3.05) is 7.11 Å².